The molecule has 5 nitrogen and oxygen atoms in total. The summed E-state index contributed by atoms with van der Waals surface area (Å²) in [6, 6.07) is 15.9. The highest BCUT2D eigenvalue weighted by Gasteiger charge is 2.39. The van der Waals surface area contributed by atoms with Crippen LogP contribution in [-0.4, -0.2) is 43.4 Å². The third kappa shape index (κ3) is 3.76. The fourth-order valence-electron chi connectivity index (χ4n) is 3.91. The first-order valence-electron chi connectivity index (χ1n) is 9.58. The van der Waals surface area contributed by atoms with Crippen molar-refractivity contribution >= 4 is 11.7 Å². The fourth-order valence-corrected chi connectivity index (χ4v) is 3.91. The molecule has 146 valence electrons. The van der Waals surface area contributed by atoms with Crippen molar-refractivity contribution in [2.45, 2.75) is 32.0 Å². The average Bonchev–Trinajstić information content (AvgIpc) is 2.72. The molecule has 5 heteroatoms. The molecule has 0 radical (unpaired) electrons. The number of aryl methyl sites for hydroxylation is 1. The van der Waals surface area contributed by atoms with Gasteiger partial charge in [-0.05, 0) is 41.7 Å². The molecule has 1 amide bonds. The van der Waals surface area contributed by atoms with Crippen LogP contribution in [0, 0.1) is 6.92 Å². The van der Waals surface area contributed by atoms with E-state index in [-0.39, 0.29) is 24.8 Å². The molecular weight excluding hydrogens is 354 g/mol. The van der Waals surface area contributed by atoms with Gasteiger partial charge in [0.25, 0.3) is 0 Å². The Hall–Kier alpha value is -2.79. The van der Waals surface area contributed by atoms with Crippen LogP contribution in [0.1, 0.15) is 23.1 Å². The lowest BCUT2D eigenvalue weighted by atomic mass is 9.89. The topological polar surface area (TPSA) is 48.0 Å². The molecule has 2 aliphatic rings. The summed E-state index contributed by atoms with van der Waals surface area (Å²) >= 11 is 0. The summed E-state index contributed by atoms with van der Waals surface area (Å²) in [6.07, 6.45) is 2.59. The van der Waals surface area contributed by atoms with E-state index in [4.69, 9.17) is 14.2 Å². The van der Waals surface area contributed by atoms with Gasteiger partial charge in [-0.1, -0.05) is 48.5 Å². The van der Waals surface area contributed by atoms with Crippen LogP contribution in [0.5, 0.6) is 5.75 Å². The summed E-state index contributed by atoms with van der Waals surface area (Å²) in [5.74, 6) is 0.879. The summed E-state index contributed by atoms with van der Waals surface area (Å²) < 4.78 is 16.8. The lowest BCUT2D eigenvalue weighted by Gasteiger charge is -2.43. The minimum Gasteiger partial charge on any atom is -0.496 e. The number of carbonyl (C=O) groups is 1. The third-order valence-corrected chi connectivity index (χ3v) is 5.39. The smallest absolute Gasteiger partial charge is 0.411 e. The van der Waals surface area contributed by atoms with Gasteiger partial charge in [0.05, 0.1) is 32.4 Å². The standard InChI is InChI=1S/C23H25NO4/c1-16-8-9-18(12-22(16)26-2)19-10-20-14-27-15-21(11-19)24(20)23(25)28-13-17-6-4-3-5-7-17/h3-10,12,20-21H,11,13-15H2,1-2H3. The minimum atomic E-state index is -0.279. The van der Waals surface area contributed by atoms with Gasteiger partial charge in [0.15, 0.2) is 0 Å². The predicted octanol–water partition coefficient (Wildman–Crippen LogP) is 4.20. The fraction of sp³-hybridized carbons (Fsp3) is 0.348. The number of amides is 1. The highest BCUT2D eigenvalue weighted by Crippen LogP contribution is 2.34. The summed E-state index contributed by atoms with van der Waals surface area (Å²) in [4.78, 5) is 14.6. The number of fused-ring (bicyclic) bond motifs is 2. The maximum atomic E-state index is 12.8. The first-order valence-corrected chi connectivity index (χ1v) is 9.58. The van der Waals surface area contributed by atoms with Crippen molar-refractivity contribution in [2.75, 3.05) is 20.3 Å². The summed E-state index contributed by atoms with van der Waals surface area (Å²) in [5.41, 5.74) is 4.45. The summed E-state index contributed by atoms with van der Waals surface area (Å²) in [5, 5.41) is 0. The molecule has 28 heavy (non-hydrogen) atoms. The molecule has 4 rings (SSSR count). The van der Waals surface area contributed by atoms with Crippen molar-refractivity contribution in [2.24, 2.45) is 0 Å². The lowest BCUT2D eigenvalue weighted by molar-refractivity contribution is -0.0342. The molecule has 2 unspecified atom stereocenters. The number of hydrogen-bond acceptors (Lipinski definition) is 4. The normalized spacial score (nSPS) is 21.1. The average molecular weight is 379 g/mol. The number of nitrogens with zero attached hydrogens (tertiary/aromatic N) is 1. The van der Waals surface area contributed by atoms with Crippen molar-refractivity contribution in [3.63, 3.8) is 0 Å². The Bertz CT molecular complexity index is 877. The van der Waals surface area contributed by atoms with Crippen LogP contribution < -0.4 is 4.74 Å². The van der Waals surface area contributed by atoms with Crippen LogP contribution in [0.4, 0.5) is 4.79 Å². The molecule has 2 aromatic carbocycles. The van der Waals surface area contributed by atoms with Gasteiger partial charge in [0, 0.05) is 0 Å². The zero-order valence-corrected chi connectivity index (χ0v) is 16.3. The monoisotopic (exact) mass is 379 g/mol. The van der Waals surface area contributed by atoms with Gasteiger partial charge in [0.1, 0.15) is 12.4 Å². The first kappa shape index (κ1) is 18.6. The van der Waals surface area contributed by atoms with Crippen LogP contribution in [0.2, 0.25) is 0 Å². The molecule has 0 saturated carbocycles. The van der Waals surface area contributed by atoms with Crippen molar-refractivity contribution in [1.29, 1.82) is 0 Å². The molecule has 1 saturated heterocycles. The van der Waals surface area contributed by atoms with E-state index in [9.17, 15) is 4.79 Å². The summed E-state index contributed by atoms with van der Waals surface area (Å²) in [7, 11) is 1.69. The second kappa shape index (κ2) is 8.07. The number of ether oxygens (including phenoxy) is 3. The Labute approximate surface area is 165 Å². The first-order chi connectivity index (χ1) is 13.7. The van der Waals surface area contributed by atoms with Crippen LogP contribution in [0.15, 0.2) is 54.6 Å². The largest absolute Gasteiger partial charge is 0.496 e. The Morgan fingerprint density at radius 2 is 2.00 bits per heavy atom. The van der Waals surface area contributed by atoms with Gasteiger partial charge in [-0.3, -0.25) is 4.90 Å². The number of methoxy groups -OCH3 is 1. The molecule has 2 bridgehead atoms. The Balaban J connectivity index is 1.51. The van der Waals surface area contributed by atoms with Gasteiger partial charge in [-0.2, -0.15) is 0 Å². The van der Waals surface area contributed by atoms with E-state index in [0.29, 0.717) is 13.2 Å². The molecule has 2 aliphatic heterocycles. The summed E-state index contributed by atoms with van der Waals surface area (Å²) in [6.45, 7) is 3.33. The van der Waals surface area contributed by atoms with Gasteiger partial charge in [0.2, 0.25) is 0 Å². The molecule has 2 heterocycles. The highest BCUT2D eigenvalue weighted by atomic mass is 16.6. The number of hydrogen-bond donors (Lipinski definition) is 0. The highest BCUT2D eigenvalue weighted by molar-refractivity contribution is 5.75. The predicted molar refractivity (Wildman–Crippen MR) is 107 cm³/mol. The van der Waals surface area contributed by atoms with E-state index in [0.717, 1.165) is 28.9 Å². The third-order valence-electron chi connectivity index (χ3n) is 5.39. The zero-order chi connectivity index (χ0) is 19.5. The molecule has 1 fully saturated rings. The molecule has 0 aliphatic carbocycles. The number of benzene rings is 2. The molecule has 0 spiro atoms. The van der Waals surface area contributed by atoms with Gasteiger partial charge < -0.3 is 14.2 Å². The van der Waals surface area contributed by atoms with Crippen molar-refractivity contribution in [1.82, 2.24) is 4.90 Å². The number of carbonyl (C=O) groups excluding carboxylic acids is 1. The maximum absolute atomic E-state index is 12.8. The second-order valence-electron chi connectivity index (χ2n) is 7.29. The second-order valence-corrected chi connectivity index (χ2v) is 7.29. The van der Waals surface area contributed by atoms with Crippen LogP contribution in [-0.2, 0) is 16.1 Å². The lowest BCUT2D eigenvalue weighted by Crippen LogP contribution is -2.56. The molecule has 2 aromatic rings. The van der Waals surface area contributed by atoms with E-state index >= 15 is 0 Å². The quantitative estimate of drug-likeness (QED) is 0.799. The van der Waals surface area contributed by atoms with E-state index in [1.807, 2.05) is 42.2 Å². The zero-order valence-electron chi connectivity index (χ0n) is 16.3. The van der Waals surface area contributed by atoms with E-state index in [1.54, 1.807) is 7.11 Å². The van der Waals surface area contributed by atoms with Gasteiger partial charge >= 0.3 is 6.09 Å². The van der Waals surface area contributed by atoms with Crippen molar-refractivity contribution < 1.29 is 19.0 Å². The van der Waals surface area contributed by atoms with Gasteiger partial charge in [-0.15, -0.1) is 0 Å². The molecule has 0 N–H and O–H groups in total. The number of morpholine rings is 1. The van der Waals surface area contributed by atoms with Crippen LogP contribution >= 0.6 is 0 Å². The molecular formula is C23H25NO4. The Kier molecular flexibility index (Phi) is 5.35. The molecule has 0 aromatic heterocycles. The van der Waals surface area contributed by atoms with Gasteiger partial charge in [-0.25, -0.2) is 4.79 Å². The van der Waals surface area contributed by atoms with Crippen molar-refractivity contribution in [3.05, 3.63) is 71.3 Å². The Morgan fingerprint density at radius 1 is 1.18 bits per heavy atom. The minimum absolute atomic E-state index is 0.0191. The van der Waals surface area contributed by atoms with E-state index in [2.05, 4.69) is 24.3 Å². The molecule has 2 atom stereocenters. The Morgan fingerprint density at radius 3 is 2.75 bits per heavy atom. The van der Waals surface area contributed by atoms with E-state index < -0.39 is 0 Å². The number of rotatable bonds is 4. The maximum Gasteiger partial charge on any atom is 0.411 e. The van der Waals surface area contributed by atoms with Crippen LogP contribution in [0.3, 0.4) is 0 Å². The van der Waals surface area contributed by atoms with E-state index in [1.165, 1.54) is 5.57 Å². The van der Waals surface area contributed by atoms with Crippen molar-refractivity contribution in [3.8, 4) is 5.75 Å². The van der Waals surface area contributed by atoms with Crippen LogP contribution in [0.25, 0.3) is 5.57 Å². The SMILES string of the molecule is COc1cc(C2=CC3COCC(C2)N3C(=O)OCc2ccccc2)ccc1C.